The average Bonchev–Trinajstić information content (AvgIpc) is 2.91. The van der Waals surface area contributed by atoms with Crippen LogP contribution in [0.4, 0.5) is 0 Å². The van der Waals surface area contributed by atoms with E-state index in [1.807, 2.05) is 0 Å². The molecule has 3 rings (SSSR count). The molecule has 1 aromatic rings. The maximum atomic E-state index is 5.84. The van der Waals surface area contributed by atoms with Crippen molar-refractivity contribution in [3.63, 3.8) is 0 Å². The maximum Gasteiger partial charge on any atom is 0.0348 e. The van der Waals surface area contributed by atoms with Gasteiger partial charge in [-0.05, 0) is 44.1 Å². The largest absolute Gasteiger partial charge is 0.330 e. The summed E-state index contributed by atoms with van der Waals surface area (Å²) in [7, 11) is 4.43. The first-order valence-electron chi connectivity index (χ1n) is 8.55. The number of likely N-dealkylation sites (N-methyl/N-ethyl adjacent to an activating group) is 1. The van der Waals surface area contributed by atoms with Crippen LogP contribution in [0.3, 0.4) is 0 Å². The van der Waals surface area contributed by atoms with Crippen LogP contribution >= 0.6 is 0 Å². The highest BCUT2D eigenvalue weighted by molar-refractivity contribution is 5.26. The number of piperazine rings is 1. The fourth-order valence-electron chi connectivity index (χ4n) is 3.78. The number of hydrogen-bond donors (Lipinski definition) is 1. The highest BCUT2D eigenvalue weighted by Gasteiger charge is 2.29. The van der Waals surface area contributed by atoms with E-state index < -0.39 is 0 Å². The Morgan fingerprint density at radius 3 is 2.32 bits per heavy atom. The Balaban J connectivity index is 1.58. The number of hydrogen-bond acceptors (Lipinski definition) is 4. The minimum absolute atomic E-state index is 0.547. The summed E-state index contributed by atoms with van der Waals surface area (Å²) in [5.74, 6) is 0.653. The second kappa shape index (κ2) is 7.09. The van der Waals surface area contributed by atoms with Gasteiger partial charge in [0.2, 0.25) is 0 Å². The second-order valence-corrected chi connectivity index (χ2v) is 7.11. The molecule has 0 aromatic heterocycles. The Labute approximate surface area is 134 Å². The van der Waals surface area contributed by atoms with E-state index in [2.05, 4.69) is 53.1 Å². The first-order valence-corrected chi connectivity index (χ1v) is 8.55. The van der Waals surface area contributed by atoms with Crippen molar-refractivity contribution in [3.05, 3.63) is 35.4 Å². The van der Waals surface area contributed by atoms with Gasteiger partial charge in [-0.2, -0.15) is 0 Å². The van der Waals surface area contributed by atoms with E-state index in [-0.39, 0.29) is 0 Å². The van der Waals surface area contributed by atoms with Crippen molar-refractivity contribution in [3.8, 4) is 0 Å². The fraction of sp³-hybridized carbons (Fsp3) is 0.667. The summed E-state index contributed by atoms with van der Waals surface area (Å²) < 4.78 is 0. The van der Waals surface area contributed by atoms with E-state index in [4.69, 9.17) is 5.73 Å². The van der Waals surface area contributed by atoms with E-state index in [1.54, 1.807) is 0 Å². The van der Waals surface area contributed by atoms with Gasteiger partial charge < -0.3 is 10.6 Å². The Kier molecular flexibility index (Phi) is 5.14. The van der Waals surface area contributed by atoms with E-state index in [0.29, 0.717) is 12.0 Å². The Morgan fingerprint density at radius 2 is 1.73 bits per heavy atom. The van der Waals surface area contributed by atoms with E-state index in [9.17, 15) is 0 Å². The van der Waals surface area contributed by atoms with Gasteiger partial charge in [0, 0.05) is 45.3 Å². The Hall–Kier alpha value is -0.940. The summed E-state index contributed by atoms with van der Waals surface area (Å²) in [6.45, 7) is 7.76. The molecule has 2 aliphatic rings. The van der Waals surface area contributed by atoms with E-state index in [1.165, 1.54) is 43.7 Å². The number of benzene rings is 1. The molecule has 4 heteroatoms. The monoisotopic (exact) mass is 302 g/mol. The first kappa shape index (κ1) is 15.9. The molecule has 2 fully saturated rings. The van der Waals surface area contributed by atoms with Gasteiger partial charge in [0.05, 0.1) is 0 Å². The molecule has 2 N–H and O–H groups in total. The summed E-state index contributed by atoms with van der Waals surface area (Å²) in [5, 5.41) is 0. The minimum atomic E-state index is 0.547. The van der Waals surface area contributed by atoms with Gasteiger partial charge in [-0.3, -0.25) is 9.80 Å². The third kappa shape index (κ3) is 3.69. The lowest BCUT2D eigenvalue weighted by molar-refractivity contribution is 0.148. The predicted molar refractivity (Wildman–Crippen MR) is 91.7 cm³/mol. The zero-order valence-electron chi connectivity index (χ0n) is 14.0. The lowest BCUT2D eigenvalue weighted by atomic mass is 9.99. The molecule has 0 spiro atoms. The zero-order valence-corrected chi connectivity index (χ0v) is 14.0. The molecule has 122 valence electrons. The van der Waals surface area contributed by atoms with Crippen molar-refractivity contribution in [1.29, 1.82) is 0 Å². The number of likely N-dealkylation sites (tertiary alicyclic amines) is 1. The normalized spacial score (nSPS) is 28.3. The van der Waals surface area contributed by atoms with Crippen LogP contribution in [0.5, 0.6) is 0 Å². The number of nitrogens with zero attached hydrogens (tertiary/aromatic N) is 3. The van der Waals surface area contributed by atoms with Gasteiger partial charge in [0.15, 0.2) is 0 Å². The molecule has 2 aliphatic heterocycles. The van der Waals surface area contributed by atoms with E-state index in [0.717, 1.165) is 19.6 Å². The molecule has 0 bridgehead atoms. The maximum absolute atomic E-state index is 5.84. The highest BCUT2D eigenvalue weighted by Crippen LogP contribution is 2.33. The van der Waals surface area contributed by atoms with Crippen LogP contribution in [0.2, 0.25) is 0 Å². The molecule has 2 saturated heterocycles. The lowest BCUT2D eigenvalue weighted by Crippen LogP contribution is -2.43. The fourth-order valence-corrected chi connectivity index (χ4v) is 3.78. The Bertz CT molecular complexity index is 464. The van der Waals surface area contributed by atoms with Crippen LogP contribution in [0.1, 0.15) is 23.6 Å². The molecule has 0 saturated carbocycles. The predicted octanol–water partition coefficient (Wildman–Crippen LogP) is 1.39. The summed E-state index contributed by atoms with van der Waals surface area (Å²) in [4.78, 5) is 7.41. The summed E-state index contributed by atoms with van der Waals surface area (Å²) in [6, 6.07) is 9.83. The topological polar surface area (TPSA) is 35.7 Å². The van der Waals surface area contributed by atoms with Gasteiger partial charge in [0.25, 0.3) is 0 Å². The number of nitrogens with two attached hydrogens (primary N) is 1. The molecule has 2 heterocycles. The van der Waals surface area contributed by atoms with Crippen molar-refractivity contribution in [1.82, 2.24) is 14.7 Å². The summed E-state index contributed by atoms with van der Waals surface area (Å²) >= 11 is 0. The molecule has 0 aliphatic carbocycles. The standard InChI is InChI=1S/C18H30N4/c1-20-7-9-22(10-8-20)14-15-3-5-17(6-4-15)18-11-16(12-19)13-21(18)2/h3-6,16,18H,7-14,19H2,1-2H3. The van der Waals surface area contributed by atoms with Crippen LogP contribution in [-0.2, 0) is 6.54 Å². The van der Waals surface area contributed by atoms with Crippen molar-refractivity contribution < 1.29 is 0 Å². The first-order chi connectivity index (χ1) is 10.7. The average molecular weight is 302 g/mol. The third-order valence-corrected chi connectivity index (χ3v) is 5.33. The Morgan fingerprint density at radius 1 is 1.05 bits per heavy atom. The van der Waals surface area contributed by atoms with Crippen molar-refractivity contribution in [2.45, 2.75) is 19.0 Å². The molecule has 0 amide bonds. The van der Waals surface area contributed by atoms with Crippen LogP contribution in [-0.4, -0.2) is 68.1 Å². The minimum Gasteiger partial charge on any atom is -0.330 e. The summed E-state index contributed by atoms with van der Waals surface area (Å²) in [6.07, 6.45) is 1.20. The van der Waals surface area contributed by atoms with Crippen molar-refractivity contribution in [2.75, 3.05) is 53.4 Å². The van der Waals surface area contributed by atoms with Gasteiger partial charge in [0.1, 0.15) is 0 Å². The molecule has 1 aromatic carbocycles. The van der Waals surface area contributed by atoms with Crippen LogP contribution in [0.25, 0.3) is 0 Å². The molecule has 22 heavy (non-hydrogen) atoms. The SMILES string of the molecule is CN1CCN(Cc2ccc(C3CC(CN)CN3C)cc2)CC1. The second-order valence-electron chi connectivity index (χ2n) is 7.11. The number of rotatable bonds is 4. The smallest absolute Gasteiger partial charge is 0.0348 e. The lowest BCUT2D eigenvalue weighted by Gasteiger charge is -2.32. The third-order valence-electron chi connectivity index (χ3n) is 5.33. The van der Waals surface area contributed by atoms with Gasteiger partial charge in [-0.1, -0.05) is 24.3 Å². The summed E-state index contributed by atoms with van der Waals surface area (Å²) in [5.41, 5.74) is 8.72. The molecule has 2 unspecified atom stereocenters. The zero-order chi connectivity index (χ0) is 15.5. The van der Waals surface area contributed by atoms with Crippen molar-refractivity contribution >= 4 is 0 Å². The van der Waals surface area contributed by atoms with Crippen LogP contribution in [0.15, 0.2) is 24.3 Å². The van der Waals surface area contributed by atoms with Gasteiger partial charge in [-0.15, -0.1) is 0 Å². The molecular formula is C18H30N4. The van der Waals surface area contributed by atoms with Crippen molar-refractivity contribution in [2.24, 2.45) is 11.7 Å². The van der Waals surface area contributed by atoms with Gasteiger partial charge in [-0.25, -0.2) is 0 Å². The molecule has 2 atom stereocenters. The molecule has 0 radical (unpaired) electrons. The molecular weight excluding hydrogens is 272 g/mol. The highest BCUT2D eigenvalue weighted by atomic mass is 15.2. The molecule has 4 nitrogen and oxygen atoms in total. The van der Waals surface area contributed by atoms with Gasteiger partial charge >= 0.3 is 0 Å². The van der Waals surface area contributed by atoms with Crippen LogP contribution in [0, 0.1) is 5.92 Å². The quantitative estimate of drug-likeness (QED) is 0.912. The van der Waals surface area contributed by atoms with Crippen LogP contribution < -0.4 is 5.73 Å². The van der Waals surface area contributed by atoms with E-state index >= 15 is 0 Å².